The summed E-state index contributed by atoms with van der Waals surface area (Å²) < 4.78 is 11.0. The van der Waals surface area contributed by atoms with Crippen LogP contribution in [0.25, 0.3) is 11.3 Å². The number of nitrogens with zero attached hydrogens (tertiary/aromatic N) is 2. The maximum absolute atomic E-state index is 13.1. The minimum atomic E-state index is 0.0182. The lowest BCUT2D eigenvalue weighted by atomic mass is 9.85. The molecule has 1 aliphatic heterocycles. The maximum atomic E-state index is 13.1. The first-order valence-electron chi connectivity index (χ1n) is 9.83. The Hall–Kier alpha value is -2.34. The highest BCUT2D eigenvalue weighted by molar-refractivity contribution is 5.93. The summed E-state index contributed by atoms with van der Waals surface area (Å²) in [5, 5.41) is 7.28. The van der Waals surface area contributed by atoms with E-state index in [1.54, 1.807) is 7.11 Å². The van der Waals surface area contributed by atoms with E-state index < -0.39 is 0 Å². The summed E-state index contributed by atoms with van der Waals surface area (Å²) in [6.45, 7) is 2.30. The van der Waals surface area contributed by atoms with Crippen molar-refractivity contribution < 1.29 is 14.3 Å². The molecule has 2 aliphatic rings. The average Bonchev–Trinajstić information content (AvgIpc) is 3.35. The van der Waals surface area contributed by atoms with Gasteiger partial charge in [0.2, 0.25) is 0 Å². The molecule has 1 aromatic carbocycles. The van der Waals surface area contributed by atoms with Crippen molar-refractivity contribution in [2.24, 2.45) is 5.92 Å². The number of aromatic nitrogens is 2. The molecule has 27 heavy (non-hydrogen) atoms. The predicted molar refractivity (Wildman–Crippen MR) is 103 cm³/mol. The third-order valence-corrected chi connectivity index (χ3v) is 5.63. The molecular weight excluding hydrogens is 342 g/mol. The summed E-state index contributed by atoms with van der Waals surface area (Å²) in [5.74, 6) is 1.44. The first-order valence-corrected chi connectivity index (χ1v) is 9.83. The summed E-state index contributed by atoms with van der Waals surface area (Å²) in [6, 6.07) is 9.52. The Kier molecular flexibility index (Phi) is 5.43. The van der Waals surface area contributed by atoms with Gasteiger partial charge in [-0.3, -0.25) is 9.89 Å². The van der Waals surface area contributed by atoms with Crippen LogP contribution in [0.3, 0.4) is 0 Å². The predicted octanol–water partition coefficient (Wildman–Crippen LogP) is 3.51. The van der Waals surface area contributed by atoms with Crippen LogP contribution in [0.4, 0.5) is 0 Å². The van der Waals surface area contributed by atoms with Crippen molar-refractivity contribution >= 4 is 5.91 Å². The fourth-order valence-corrected chi connectivity index (χ4v) is 3.77. The lowest BCUT2D eigenvalue weighted by Crippen LogP contribution is -2.42. The van der Waals surface area contributed by atoms with Crippen molar-refractivity contribution in [2.45, 2.75) is 38.2 Å². The molecule has 1 aromatic heterocycles. The van der Waals surface area contributed by atoms with Crippen LogP contribution in [0.15, 0.2) is 30.3 Å². The Morgan fingerprint density at radius 1 is 1.22 bits per heavy atom. The van der Waals surface area contributed by atoms with Gasteiger partial charge < -0.3 is 14.4 Å². The summed E-state index contributed by atoms with van der Waals surface area (Å²) in [6.07, 6.45) is 6.00. The van der Waals surface area contributed by atoms with Crippen LogP contribution in [-0.2, 0) is 4.74 Å². The van der Waals surface area contributed by atoms with Gasteiger partial charge in [-0.1, -0.05) is 6.42 Å². The lowest BCUT2D eigenvalue weighted by molar-refractivity contribution is 0.0443. The van der Waals surface area contributed by atoms with E-state index in [0.29, 0.717) is 18.2 Å². The zero-order chi connectivity index (χ0) is 18.6. The maximum Gasteiger partial charge on any atom is 0.271 e. The number of aromatic amines is 1. The molecule has 1 saturated heterocycles. The van der Waals surface area contributed by atoms with Crippen LogP contribution in [0.5, 0.6) is 5.75 Å². The number of methoxy groups -OCH3 is 1. The third kappa shape index (κ3) is 4.16. The van der Waals surface area contributed by atoms with E-state index in [4.69, 9.17) is 9.47 Å². The molecule has 1 amide bonds. The van der Waals surface area contributed by atoms with Gasteiger partial charge in [-0.2, -0.15) is 5.10 Å². The largest absolute Gasteiger partial charge is 0.497 e. The standard InChI is InChI=1S/C21H27N3O3/c1-26-17-9-7-16(8-10-17)19-12-20(23-22-19)21(25)24(13-15-4-2-5-15)14-18-6-3-11-27-18/h7-10,12,15,18H,2-6,11,13-14H2,1H3,(H,22,23)/t18-/m1/s1. The number of benzene rings is 1. The number of nitrogens with one attached hydrogen (secondary N) is 1. The number of carbonyl (C=O) groups excluding carboxylic acids is 1. The minimum Gasteiger partial charge on any atom is -0.497 e. The van der Waals surface area contributed by atoms with Gasteiger partial charge >= 0.3 is 0 Å². The summed E-state index contributed by atoms with van der Waals surface area (Å²) in [5.41, 5.74) is 2.26. The molecule has 1 N–H and O–H groups in total. The Morgan fingerprint density at radius 2 is 2.04 bits per heavy atom. The Morgan fingerprint density at radius 3 is 2.67 bits per heavy atom. The molecule has 1 saturated carbocycles. The molecule has 2 aromatic rings. The molecule has 0 bridgehead atoms. The van der Waals surface area contributed by atoms with Gasteiger partial charge in [0.25, 0.3) is 5.91 Å². The first kappa shape index (κ1) is 18.0. The topological polar surface area (TPSA) is 67.4 Å². The number of amides is 1. The fraction of sp³-hybridized carbons (Fsp3) is 0.524. The Balaban J connectivity index is 1.48. The fourth-order valence-electron chi connectivity index (χ4n) is 3.77. The van der Waals surface area contributed by atoms with E-state index >= 15 is 0 Å². The van der Waals surface area contributed by atoms with Crippen molar-refractivity contribution in [1.82, 2.24) is 15.1 Å². The summed E-state index contributed by atoms with van der Waals surface area (Å²) >= 11 is 0. The zero-order valence-electron chi connectivity index (χ0n) is 15.8. The van der Waals surface area contributed by atoms with Crippen molar-refractivity contribution in [3.63, 3.8) is 0 Å². The van der Waals surface area contributed by atoms with Crippen molar-refractivity contribution in [3.05, 3.63) is 36.0 Å². The van der Waals surface area contributed by atoms with Gasteiger partial charge in [0.05, 0.1) is 18.9 Å². The van der Waals surface area contributed by atoms with E-state index in [0.717, 1.165) is 43.0 Å². The molecule has 1 aliphatic carbocycles. The molecule has 2 fully saturated rings. The first-order chi connectivity index (χ1) is 13.2. The van der Waals surface area contributed by atoms with Gasteiger partial charge in [0.1, 0.15) is 11.4 Å². The van der Waals surface area contributed by atoms with E-state index in [1.807, 2.05) is 35.2 Å². The molecule has 6 nitrogen and oxygen atoms in total. The van der Waals surface area contributed by atoms with Gasteiger partial charge in [0.15, 0.2) is 0 Å². The second kappa shape index (κ2) is 8.13. The van der Waals surface area contributed by atoms with Crippen LogP contribution >= 0.6 is 0 Å². The highest BCUT2D eigenvalue weighted by Gasteiger charge is 2.28. The van der Waals surface area contributed by atoms with Crippen LogP contribution < -0.4 is 4.74 Å². The average molecular weight is 369 g/mol. The molecule has 0 spiro atoms. The number of carbonyl (C=O) groups is 1. The minimum absolute atomic E-state index is 0.0182. The molecule has 1 atom stereocenters. The van der Waals surface area contributed by atoms with Crippen LogP contribution in [0.2, 0.25) is 0 Å². The van der Waals surface area contributed by atoms with Crippen molar-refractivity contribution in [2.75, 3.05) is 26.8 Å². The van der Waals surface area contributed by atoms with Crippen molar-refractivity contribution in [3.8, 4) is 17.0 Å². The van der Waals surface area contributed by atoms with E-state index in [-0.39, 0.29) is 12.0 Å². The van der Waals surface area contributed by atoms with E-state index in [2.05, 4.69) is 10.2 Å². The lowest BCUT2D eigenvalue weighted by Gasteiger charge is -2.33. The number of hydrogen-bond acceptors (Lipinski definition) is 4. The van der Waals surface area contributed by atoms with E-state index in [1.165, 1.54) is 19.3 Å². The summed E-state index contributed by atoms with van der Waals surface area (Å²) in [7, 11) is 1.64. The molecule has 0 unspecified atom stereocenters. The normalized spacial score (nSPS) is 19.7. The van der Waals surface area contributed by atoms with Gasteiger partial charge in [-0.15, -0.1) is 0 Å². The van der Waals surface area contributed by atoms with Crippen LogP contribution in [0.1, 0.15) is 42.6 Å². The second-order valence-electron chi connectivity index (χ2n) is 7.54. The van der Waals surface area contributed by atoms with Crippen LogP contribution in [0, 0.1) is 5.92 Å². The van der Waals surface area contributed by atoms with Gasteiger partial charge in [-0.25, -0.2) is 0 Å². The van der Waals surface area contributed by atoms with Gasteiger partial charge in [0, 0.05) is 25.3 Å². The van der Waals surface area contributed by atoms with E-state index in [9.17, 15) is 4.79 Å². The molecule has 6 heteroatoms. The molecule has 2 heterocycles. The molecule has 4 rings (SSSR count). The SMILES string of the molecule is COc1ccc(-c2cc(C(=O)N(CC3CCC3)C[C@H]3CCCO3)[nH]n2)cc1. The number of rotatable bonds is 7. The number of hydrogen-bond donors (Lipinski definition) is 1. The quantitative estimate of drug-likeness (QED) is 0.811. The van der Waals surface area contributed by atoms with Crippen LogP contribution in [-0.4, -0.2) is 53.9 Å². The number of H-pyrrole nitrogens is 1. The molecule has 0 radical (unpaired) electrons. The number of ether oxygens (including phenoxy) is 2. The highest BCUT2D eigenvalue weighted by atomic mass is 16.5. The highest BCUT2D eigenvalue weighted by Crippen LogP contribution is 2.28. The van der Waals surface area contributed by atoms with Gasteiger partial charge in [-0.05, 0) is 61.9 Å². The van der Waals surface area contributed by atoms with Crippen molar-refractivity contribution in [1.29, 1.82) is 0 Å². The monoisotopic (exact) mass is 369 g/mol. The third-order valence-electron chi connectivity index (χ3n) is 5.63. The Labute approximate surface area is 159 Å². The second-order valence-corrected chi connectivity index (χ2v) is 7.54. The summed E-state index contributed by atoms with van der Waals surface area (Å²) in [4.78, 5) is 15.1. The molecular formula is C21H27N3O3. The molecule has 144 valence electrons. The Bertz CT molecular complexity index is 761. The zero-order valence-corrected chi connectivity index (χ0v) is 15.8. The smallest absolute Gasteiger partial charge is 0.271 e.